The lowest BCUT2D eigenvalue weighted by atomic mass is 9.89. The molecule has 0 aliphatic heterocycles. The van der Waals surface area contributed by atoms with Crippen LogP contribution in [0.1, 0.15) is 54.0 Å². The Labute approximate surface area is 117 Å². The van der Waals surface area contributed by atoms with Gasteiger partial charge >= 0.3 is 0 Å². The van der Waals surface area contributed by atoms with Gasteiger partial charge in [-0.05, 0) is 42.5 Å². The summed E-state index contributed by atoms with van der Waals surface area (Å²) in [6.45, 7) is 8.93. The number of rotatable bonds is 4. The Hall–Kier alpha value is -1.56. The minimum Gasteiger partial charge on any atom is -0.0651 e. The zero-order chi connectivity index (χ0) is 13.8. The summed E-state index contributed by atoms with van der Waals surface area (Å²) >= 11 is 0. The highest BCUT2D eigenvalue weighted by molar-refractivity contribution is 5.38. The molecular formula is C19H24. The van der Waals surface area contributed by atoms with Crippen molar-refractivity contribution in [1.82, 2.24) is 0 Å². The normalized spacial score (nSPS) is 12.4. The lowest BCUT2D eigenvalue weighted by molar-refractivity contribution is 0.891. The van der Waals surface area contributed by atoms with Crippen LogP contribution in [-0.2, 0) is 6.42 Å². The maximum Gasteiger partial charge on any atom is 0.00612 e. The predicted molar refractivity (Wildman–Crippen MR) is 83.9 cm³/mol. The van der Waals surface area contributed by atoms with E-state index in [1.54, 1.807) is 0 Å². The summed E-state index contributed by atoms with van der Waals surface area (Å²) in [4.78, 5) is 0. The molecule has 0 saturated heterocycles. The molecule has 0 N–H and O–H groups in total. The third-order valence-electron chi connectivity index (χ3n) is 3.93. The van der Waals surface area contributed by atoms with E-state index in [0.29, 0.717) is 5.92 Å². The van der Waals surface area contributed by atoms with Gasteiger partial charge in [-0.15, -0.1) is 0 Å². The van der Waals surface area contributed by atoms with Gasteiger partial charge in [0.1, 0.15) is 0 Å². The van der Waals surface area contributed by atoms with E-state index in [2.05, 4.69) is 70.2 Å². The summed E-state index contributed by atoms with van der Waals surface area (Å²) in [6, 6.07) is 15.8. The summed E-state index contributed by atoms with van der Waals surface area (Å²) in [6.07, 6.45) is 2.40. The molecule has 0 heteroatoms. The molecule has 2 aromatic rings. The summed E-state index contributed by atoms with van der Waals surface area (Å²) < 4.78 is 0. The topological polar surface area (TPSA) is 0 Å². The minimum absolute atomic E-state index is 0.467. The van der Waals surface area contributed by atoms with E-state index in [4.69, 9.17) is 0 Å². The van der Waals surface area contributed by atoms with Gasteiger partial charge in [0.05, 0.1) is 0 Å². The molecule has 0 aromatic heterocycles. The Bertz CT molecular complexity index is 552. The standard InChI is InChI=1S/C19H24/c1-5-7-17-10-11-19(13-15(17)3)16(4)18-9-6-8-14(2)12-18/h6,8-13,16H,5,7H2,1-4H3. The first-order chi connectivity index (χ1) is 9.11. The van der Waals surface area contributed by atoms with Crippen LogP contribution in [0.5, 0.6) is 0 Å². The Morgan fingerprint density at radius 2 is 1.68 bits per heavy atom. The third kappa shape index (κ3) is 3.26. The van der Waals surface area contributed by atoms with E-state index in [1.165, 1.54) is 40.7 Å². The maximum atomic E-state index is 2.36. The Kier molecular flexibility index (Phi) is 4.42. The fraction of sp³-hybridized carbons (Fsp3) is 0.368. The van der Waals surface area contributed by atoms with Crippen LogP contribution < -0.4 is 0 Å². The molecule has 1 atom stereocenters. The van der Waals surface area contributed by atoms with Gasteiger partial charge in [-0.1, -0.05) is 68.3 Å². The smallest absolute Gasteiger partial charge is 0.00612 e. The van der Waals surface area contributed by atoms with Gasteiger partial charge in [0.15, 0.2) is 0 Å². The molecule has 0 saturated carbocycles. The van der Waals surface area contributed by atoms with E-state index in [0.717, 1.165) is 0 Å². The lowest BCUT2D eigenvalue weighted by Gasteiger charge is -2.15. The summed E-state index contributed by atoms with van der Waals surface area (Å²) in [7, 11) is 0. The molecule has 0 amide bonds. The summed E-state index contributed by atoms with van der Waals surface area (Å²) in [5, 5.41) is 0. The molecule has 0 aliphatic rings. The van der Waals surface area contributed by atoms with Crippen molar-refractivity contribution in [2.24, 2.45) is 0 Å². The van der Waals surface area contributed by atoms with Crippen molar-refractivity contribution < 1.29 is 0 Å². The van der Waals surface area contributed by atoms with Crippen LogP contribution in [0.3, 0.4) is 0 Å². The molecule has 0 radical (unpaired) electrons. The third-order valence-corrected chi connectivity index (χ3v) is 3.93. The second kappa shape index (κ2) is 6.06. The molecule has 0 aliphatic carbocycles. The first-order valence-electron chi connectivity index (χ1n) is 7.27. The highest BCUT2D eigenvalue weighted by Gasteiger charge is 2.09. The van der Waals surface area contributed by atoms with E-state index >= 15 is 0 Å². The van der Waals surface area contributed by atoms with E-state index < -0.39 is 0 Å². The fourth-order valence-electron chi connectivity index (χ4n) is 2.67. The van der Waals surface area contributed by atoms with Gasteiger partial charge in [-0.25, -0.2) is 0 Å². The molecule has 0 bridgehead atoms. The predicted octanol–water partition coefficient (Wildman–Crippen LogP) is 5.41. The number of benzene rings is 2. The fourth-order valence-corrected chi connectivity index (χ4v) is 2.67. The molecule has 0 heterocycles. The van der Waals surface area contributed by atoms with Crippen LogP contribution in [0.2, 0.25) is 0 Å². The van der Waals surface area contributed by atoms with Crippen molar-refractivity contribution in [1.29, 1.82) is 0 Å². The van der Waals surface area contributed by atoms with Crippen molar-refractivity contribution in [3.8, 4) is 0 Å². The second-order valence-corrected chi connectivity index (χ2v) is 5.57. The molecule has 1 unspecified atom stereocenters. The van der Waals surface area contributed by atoms with Crippen molar-refractivity contribution in [2.75, 3.05) is 0 Å². The zero-order valence-corrected chi connectivity index (χ0v) is 12.5. The zero-order valence-electron chi connectivity index (χ0n) is 12.5. The van der Waals surface area contributed by atoms with Crippen LogP contribution in [0, 0.1) is 13.8 Å². The number of hydrogen-bond acceptors (Lipinski definition) is 0. The van der Waals surface area contributed by atoms with Crippen molar-refractivity contribution in [2.45, 2.75) is 46.5 Å². The first-order valence-corrected chi connectivity index (χ1v) is 7.27. The minimum atomic E-state index is 0.467. The second-order valence-electron chi connectivity index (χ2n) is 5.57. The van der Waals surface area contributed by atoms with Crippen LogP contribution in [0.25, 0.3) is 0 Å². The highest BCUT2D eigenvalue weighted by atomic mass is 14.1. The van der Waals surface area contributed by atoms with Crippen molar-refractivity contribution >= 4 is 0 Å². The molecule has 2 rings (SSSR count). The highest BCUT2D eigenvalue weighted by Crippen LogP contribution is 2.26. The van der Waals surface area contributed by atoms with Crippen LogP contribution in [0.15, 0.2) is 42.5 Å². The molecule has 100 valence electrons. The van der Waals surface area contributed by atoms with Gasteiger partial charge in [0.2, 0.25) is 0 Å². The van der Waals surface area contributed by atoms with Gasteiger partial charge in [0, 0.05) is 5.92 Å². The van der Waals surface area contributed by atoms with Crippen LogP contribution in [0.4, 0.5) is 0 Å². The SMILES string of the molecule is CCCc1ccc(C(C)c2cccc(C)c2)cc1C. The van der Waals surface area contributed by atoms with Crippen molar-refractivity contribution in [3.05, 3.63) is 70.3 Å². The molecule has 19 heavy (non-hydrogen) atoms. The van der Waals surface area contributed by atoms with Gasteiger partial charge in [-0.3, -0.25) is 0 Å². The van der Waals surface area contributed by atoms with Crippen LogP contribution in [-0.4, -0.2) is 0 Å². The van der Waals surface area contributed by atoms with Gasteiger partial charge in [0.25, 0.3) is 0 Å². The lowest BCUT2D eigenvalue weighted by Crippen LogP contribution is -1.99. The molecule has 0 spiro atoms. The van der Waals surface area contributed by atoms with Gasteiger partial charge < -0.3 is 0 Å². The van der Waals surface area contributed by atoms with Crippen LogP contribution >= 0.6 is 0 Å². The maximum absolute atomic E-state index is 2.36. The van der Waals surface area contributed by atoms with Crippen molar-refractivity contribution in [3.63, 3.8) is 0 Å². The summed E-state index contributed by atoms with van der Waals surface area (Å²) in [5.74, 6) is 0.467. The monoisotopic (exact) mass is 252 g/mol. The van der Waals surface area contributed by atoms with E-state index in [9.17, 15) is 0 Å². The number of aryl methyl sites for hydroxylation is 3. The Balaban J connectivity index is 2.29. The molecule has 2 aromatic carbocycles. The molecule has 0 fully saturated rings. The largest absolute Gasteiger partial charge is 0.0651 e. The Morgan fingerprint density at radius 3 is 2.32 bits per heavy atom. The number of hydrogen-bond donors (Lipinski definition) is 0. The summed E-state index contributed by atoms with van der Waals surface area (Å²) in [5.41, 5.74) is 7.08. The first kappa shape index (κ1) is 13.9. The average molecular weight is 252 g/mol. The molecular weight excluding hydrogens is 228 g/mol. The quantitative estimate of drug-likeness (QED) is 0.682. The van der Waals surface area contributed by atoms with E-state index in [-0.39, 0.29) is 0 Å². The molecule has 0 nitrogen and oxygen atoms in total. The average Bonchev–Trinajstić information content (AvgIpc) is 2.40. The van der Waals surface area contributed by atoms with Gasteiger partial charge in [-0.2, -0.15) is 0 Å². The Morgan fingerprint density at radius 1 is 0.947 bits per heavy atom. The van der Waals surface area contributed by atoms with E-state index in [1.807, 2.05) is 0 Å².